The fourth-order valence-electron chi connectivity index (χ4n) is 2.55. The van der Waals surface area contributed by atoms with Crippen LogP contribution in [0.1, 0.15) is 11.1 Å². The number of carbonyl (C=O) groups excluding carboxylic acids is 1. The second-order valence-corrected chi connectivity index (χ2v) is 6.27. The molecule has 0 fully saturated rings. The summed E-state index contributed by atoms with van der Waals surface area (Å²) in [5, 5.41) is 0.335. The van der Waals surface area contributed by atoms with E-state index < -0.39 is 5.82 Å². The van der Waals surface area contributed by atoms with Crippen LogP contribution < -0.4 is 4.74 Å². The normalized spacial score (nSPS) is 10.5. The molecule has 0 bridgehead atoms. The largest absolute Gasteiger partial charge is 0.472 e. The van der Waals surface area contributed by atoms with Crippen LogP contribution in [-0.4, -0.2) is 18.1 Å². The van der Waals surface area contributed by atoms with Crippen molar-refractivity contribution in [3.8, 4) is 17.0 Å². The number of benzene rings is 2. The minimum Gasteiger partial charge on any atom is -0.472 e. The Balaban J connectivity index is 1.78. The maximum absolute atomic E-state index is 13.9. The van der Waals surface area contributed by atoms with Gasteiger partial charge in [-0.15, -0.1) is 0 Å². The first-order chi connectivity index (χ1) is 13.1. The van der Waals surface area contributed by atoms with Crippen LogP contribution in [0.25, 0.3) is 11.1 Å². The van der Waals surface area contributed by atoms with E-state index >= 15 is 0 Å². The van der Waals surface area contributed by atoms with Crippen molar-refractivity contribution in [1.29, 1.82) is 0 Å². The van der Waals surface area contributed by atoms with Crippen LogP contribution in [0.2, 0.25) is 5.02 Å². The molecule has 138 valence electrons. The topological polar surface area (TPSA) is 48.4 Å². The van der Waals surface area contributed by atoms with Gasteiger partial charge in [-0.05, 0) is 35.4 Å². The van der Waals surface area contributed by atoms with Crippen LogP contribution in [0, 0.1) is 5.82 Å². The fourth-order valence-corrected chi connectivity index (χ4v) is 2.71. The summed E-state index contributed by atoms with van der Waals surface area (Å²) in [7, 11) is 1.36. The highest BCUT2D eigenvalue weighted by Crippen LogP contribution is 2.29. The summed E-state index contributed by atoms with van der Waals surface area (Å²) in [6.07, 6.45) is 1.83. The minimum absolute atomic E-state index is 0.0352. The molecule has 27 heavy (non-hydrogen) atoms. The van der Waals surface area contributed by atoms with Crippen LogP contribution in [0.15, 0.2) is 60.8 Å². The van der Waals surface area contributed by atoms with E-state index in [1.54, 1.807) is 24.4 Å². The minimum atomic E-state index is -0.424. The Morgan fingerprint density at radius 2 is 1.93 bits per heavy atom. The average Bonchev–Trinajstić information content (AvgIpc) is 2.68. The third-order valence-corrected chi connectivity index (χ3v) is 4.23. The van der Waals surface area contributed by atoms with Gasteiger partial charge in [0.25, 0.3) is 0 Å². The Hall–Kier alpha value is -2.92. The zero-order valence-corrected chi connectivity index (χ0v) is 15.4. The quantitative estimate of drug-likeness (QED) is 0.570. The lowest BCUT2D eigenvalue weighted by molar-refractivity contribution is -0.139. The van der Waals surface area contributed by atoms with Crippen molar-refractivity contribution >= 4 is 17.6 Å². The number of pyridine rings is 1. The highest BCUT2D eigenvalue weighted by atomic mass is 35.5. The summed E-state index contributed by atoms with van der Waals surface area (Å²) in [6, 6.07) is 15.6. The van der Waals surface area contributed by atoms with Crippen LogP contribution >= 0.6 is 11.6 Å². The van der Waals surface area contributed by atoms with Gasteiger partial charge in [-0.25, -0.2) is 9.37 Å². The lowest BCUT2D eigenvalue weighted by Crippen LogP contribution is -2.04. The molecule has 2 aromatic carbocycles. The van der Waals surface area contributed by atoms with Crippen LogP contribution in [0.4, 0.5) is 4.39 Å². The molecule has 0 spiro atoms. The van der Waals surface area contributed by atoms with Gasteiger partial charge in [0.15, 0.2) is 0 Å². The molecule has 0 N–H and O–H groups in total. The van der Waals surface area contributed by atoms with E-state index in [9.17, 15) is 9.18 Å². The molecule has 0 amide bonds. The van der Waals surface area contributed by atoms with Gasteiger partial charge in [0.05, 0.1) is 13.5 Å². The second kappa shape index (κ2) is 8.64. The first kappa shape index (κ1) is 18.9. The second-order valence-electron chi connectivity index (χ2n) is 5.83. The number of hydrogen-bond acceptors (Lipinski definition) is 4. The highest BCUT2D eigenvalue weighted by molar-refractivity contribution is 6.30. The van der Waals surface area contributed by atoms with Gasteiger partial charge < -0.3 is 9.47 Å². The van der Waals surface area contributed by atoms with E-state index in [1.807, 2.05) is 30.3 Å². The number of halogens is 2. The lowest BCUT2D eigenvalue weighted by Gasteiger charge is -2.11. The number of hydrogen-bond donors (Lipinski definition) is 0. The summed E-state index contributed by atoms with van der Waals surface area (Å²) >= 11 is 5.77. The van der Waals surface area contributed by atoms with Crippen LogP contribution in [0.5, 0.6) is 5.88 Å². The van der Waals surface area contributed by atoms with Gasteiger partial charge in [0, 0.05) is 22.3 Å². The molecule has 0 aliphatic heterocycles. The van der Waals surface area contributed by atoms with E-state index in [-0.39, 0.29) is 19.0 Å². The van der Waals surface area contributed by atoms with Gasteiger partial charge in [0.1, 0.15) is 12.4 Å². The molecule has 0 saturated carbocycles. The van der Waals surface area contributed by atoms with Gasteiger partial charge in [0.2, 0.25) is 5.88 Å². The molecule has 3 rings (SSSR count). The molecule has 4 nitrogen and oxygen atoms in total. The van der Waals surface area contributed by atoms with Crippen molar-refractivity contribution in [1.82, 2.24) is 4.98 Å². The zero-order valence-electron chi connectivity index (χ0n) is 14.6. The summed E-state index contributed by atoms with van der Waals surface area (Å²) in [6.45, 7) is 0.0352. The Labute approximate surface area is 161 Å². The standard InChI is InChI=1S/C21H17ClFNO3/c1-26-20(25)11-14-4-6-15(7-5-14)18-3-2-10-24-21(18)27-13-16-8-9-17(22)12-19(16)23/h2-10,12H,11,13H2,1H3. The molecule has 0 aliphatic rings. The lowest BCUT2D eigenvalue weighted by atomic mass is 10.0. The number of nitrogens with zero attached hydrogens (tertiary/aromatic N) is 1. The van der Waals surface area contributed by atoms with Crippen molar-refractivity contribution in [2.45, 2.75) is 13.0 Å². The molecule has 1 aromatic heterocycles. The van der Waals surface area contributed by atoms with E-state index in [0.717, 1.165) is 16.7 Å². The Morgan fingerprint density at radius 3 is 2.63 bits per heavy atom. The number of esters is 1. The first-order valence-corrected chi connectivity index (χ1v) is 8.62. The highest BCUT2D eigenvalue weighted by Gasteiger charge is 2.10. The summed E-state index contributed by atoms with van der Waals surface area (Å²) in [5.41, 5.74) is 2.89. The summed E-state index contributed by atoms with van der Waals surface area (Å²) in [5.74, 6) is -0.321. The maximum atomic E-state index is 13.9. The van der Waals surface area contributed by atoms with Crippen molar-refractivity contribution in [3.63, 3.8) is 0 Å². The third-order valence-electron chi connectivity index (χ3n) is 3.99. The van der Waals surface area contributed by atoms with Gasteiger partial charge in [-0.1, -0.05) is 41.9 Å². The average molecular weight is 386 g/mol. The number of aromatic nitrogens is 1. The van der Waals surface area contributed by atoms with Crippen LogP contribution in [0.3, 0.4) is 0 Å². The van der Waals surface area contributed by atoms with Gasteiger partial charge in [-0.2, -0.15) is 0 Å². The molecule has 0 unspecified atom stereocenters. The summed E-state index contributed by atoms with van der Waals surface area (Å²) in [4.78, 5) is 15.6. The molecular formula is C21H17ClFNO3. The maximum Gasteiger partial charge on any atom is 0.309 e. The molecule has 3 aromatic rings. The van der Waals surface area contributed by atoms with Gasteiger partial charge >= 0.3 is 5.97 Å². The molecule has 0 radical (unpaired) electrons. The van der Waals surface area contributed by atoms with E-state index in [0.29, 0.717) is 16.5 Å². The van der Waals surface area contributed by atoms with Crippen molar-refractivity contribution in [2.75, 3.05) is 7.11 Å². The molecule has 6 heteroatoms. The fraction of sp³-hybridized carbons (Fsp3) is 0.143. The zero-order chi connectivity index (χ0) is 19.2. The monoisotopic (exact) mass is 385 g/mol. The molecular weight excluding hydrogens is 369 g/mol. The smallest absolute Gasteiger partial charge is 0.309 e. The third kappa shape index (κ3) is 4.83. The Morgan fingerprint density at radius 1 is 1.15 bits per heavy atom. The molecule has 0 saturated heterocycles. The number of ether oxygens (including phenoxy) is 2. The predicted octanol–water partition coefficient (Wildman–Crippen LogP) is 4.84. The van der Waals surface area contributed by atoms with E-state index in [1.165, 1.54) is 13.2 Å². The predicted molar refractivity (Wildman–Crippen MR) is 101 cm³/mol. The first-order valence-electron chi connectivity index (χ1n) is 8.24. The van der Waals surface area contributed by atoms with E-state index in [4.69, 9.17) is 16.3 Å². The molecule has 0 atom stereocenters. The number of methoxy groups -OCH3 is 1. The van der Waals surface area contributed by atoms with Crippen molar-refractivity contribution < 1.29 is 18.7 Å². The van der Waals surface area contributed by atoms with Crippen molar-refractivity contribution in [2.24, 2.45) is 0 Å². The molecule has 1 heterocycles. The van der Waals surface area contributed by atoms with E-state index in [2.05, 4.69) is 9.72 Å². The van der Waals surface area contributed by atoms with Gasteiger partial charge in [-0.3, -0.25) is 4.79 Å². The number of carbonyl (C=O) groups is 1. The Bertz CT molecular complexity index is 944. The SMILES string of the molecule is COC(=O)Cc1ccc(-c2cccnc2OCc2ccc(Cl)cc2F)cc1. The van der Waals surface area contributed by atoms with Crippen LogP contribution in [-0.2, 0) is 22.6 Å². The molecule has 0 aliphatic carbocycles. The summed E-state index contributed by atoms with van der Waals surface area (Å²) < 4.78 is 24.3. The number of rotatable bonds is 6. The van der Waals surface area contributed by atoms with Crippen molar-refractivity contribution in [3.05, 3.63) is 82.8 Å². The Kier molecular flexibility index (Phi) is 6.04.